The first kappa shape index (κ1) is 21.5. The lowest BCUT2D eigenvalue weighted by molar-refractivity contribution is -0.130. The molecule has 172 valence electrons. The third-order valence-electron chi connectivity index (χ3n) is 6.71. The molecule has 1 saturated carbocycles. The Morgan fingerprint density at radius 2 is 2.03 bits per heavy atom. The van der Waals surface area contributed by atoms with Crippen molar-refractivity contribution in [1.82, 2.24) is 10.2 Å². The number of amides is 2. The predicted molar refractivity (Wildman–Crippen MR) is 126 cm³/mol. The zero-order chi connectivity index (χ0) is 23.0. The van der Waals surface area contributed by atoms with Crippen LogP contribution in [0.3, 0.4) is 0 Å². The number of para-hydroxylation sites is 1. The number of nitrogens with two attached hydrogens (primary N) is 1. The van der Waals surface area contributed by atoms with Gasteiger partial charge in [0.1, 0.15) is 5.75 Å². The van der Waals surface area contributed by atoms with E-state index in [1.165, 1.54) is 17.7 Å². The molecule has 0 spiro atoms. The van der Waals surface area contributed by atoms with E-state index in [2.05, 4.69) is 10.3 Å². The number of guanidine groups is 1. The maximum atomic E-state index is 13.0. The quantitative estimate of drug-likeness (QED) is 0.709. The van der Waals surface area contributed by atoms with Crippen molar-refractivity contribution in [2.45, 2.75) is 57.2 Å². The number of carbonyl (C=O) groups excluding carboxylic acids is 2. The average Bonchev–Trinajstić information content (AvgIpc) is 3.60. The SMILES string of the molecule is C[C@@]1(CC2CC2)CC(=O)N(Cc2cccc(C(=O)N[C@H]3CCOc4ccccc43)c2)C(N)=N1. The van der Waals surface area contributed by atoms with Gasteiger partial charge in [0.05, 0.1) is 31.2 Å². The topological polar surface area (TPSA) is 97.0 Å². The van der Waals surface area contributed by atoms with E-state index >= 15 is 0 Å². The van der Waals surface area contributed by atoms with Crippen LogP contribution in [0, 0.1) is 5.92 Å². The van der Waals surface area contributed by atoms with E-state index in [0.717, 1.165) is 29.7 Å². The number of hydrogen-bond acceptors (Lipinski definition) is 5. The summed E-state index contributed by atoms with van der Waals surface area (Å²) in [6.45, 7) is 2.89. The first-order chi connectivity index (χ1) is 15.9. The minimum absolute atomic E-state index is 0.0145. The molecule has 5 rings (SSSR count). The molecule has 33 heavy (non-hydrogen) atoms. The zero-order valence-corrected chi connectivity index (χ0v) is 18.9. The summed E-state index contributed by atoms with van der Waals surface area (Å²) in [6, 6.07) is 15.0. The predicted octanol–water partition coefficient (Wildman–Crippen LogP) is 3.55. The lowest BCUT2D eigenvalue weighted by Gasteiger charge is -2.35. The highest BCUT2D eigenvalue weighted by Crippen LogP contribution is 2.40. The van der Waals surface area contributed by atoms with Crippen molar-refractivity contribution >= 4 is 17.8 Å². The van der Waals surface area contributed by atoms with Gasteiger partial charge in [0.2, 0.25) is 5.91 Å². The summed E-state index contributed by atoms with van der Waals surface area (Å²) in [5, 5.41) is 3.13. The van der Waals surface area contributed by atoms with Crippen LogP contribution in [0.2, 0.25) is 0 Å². The Kier molecular flexibility index (Phi) is 5.56. The lowest BCUT2D eigenvalue weighted by Crippen LogP contribution is -2.50. The van der Waals surface area contributed by atoms with Crippen molar-refractivity contribution in [2.75, 3.05) is 6.61 Å². The van der Waals surface area contributed by atoms with Crippen LogP contribution in [0.5, 0.6) is 5.75 Å². The van der Waals surface area contributed by atoms with E-state index in [0.29, 0.717) is 31.1 Å². The molecule has 0 aromatic heterocycles. The Hall–Kier alpha value is -3.35. The summed E-state index contributed by atoms with van der Waals surface area (Å²) >= 11 is 0. The van der Waals surface area contributed by atoms with Crippen LogP contribution in [0.1, 0.15) is 66.6 Å². The molecule has 7 nitrogen and oxygen atoms in total. The molecule has 1 fully saturated rings. The van der Waals surface area contributed by atoms with Crippen molar-refractivity contribution < 1.29 is 14.3 Å². The Morgan fingerprint density at radius 3 is 2.82 bits per heavy atom. The van der Waals surface area contributed by atoms with Gasteiger partial charge in [0.15, 0.2) is 5.96 Å². The van der Waals surface area contributed by atoms with Crippen molar-refractivity contribution in [3.63, 3.8) is 0 Å². The summed E-state index contributed by atoms with van der Waals surface area (Å²) in [5.74, 6) is 1.59. The number of aliphatic imine (C=N–C) groups is 1. The van der Waals surface area contributed by atoms with Gasteiger partial charge in [-0.25, -0.2) is 4.99 Å². The minimum atomic E-state index is -0.402. The van der Waals surface area contributed by atoms with Gasteiger partial charge < -0.3 is 15.8 Å². The van der Waals surface area contributed by atoms with Gasteiger partial charge >= 0.3 is 0 Å². The molecule has 0 unspecified atom stereocenters. The second-order valence-electron chi connectivity index (χ2n) is 9.67. The Balaban J connectivity index is 1.28. The molecule has 1 aliphatic carbocycles. The van der Waals surface area contributed by atoms with Crippen LogP contribution >= 0.6 is 0 Å². The molecule has 2 aliphatic heterocycles. The number of fused-ring (bicyclic) bond motifs is 1. The number of nitrogens with zero attached hydrogens (tertiary/aromatic N) is 2. The number of benzene rings is 2. The normalized spacial score (nSPS) is 24.5. The number of hydrogen-bond donors (Lipinski definition) is 2. The molecule has 3 N–H and O–H groups in total. The van der Waals surface area contributed by atoms with E-state index in [1.807, 2.05) is 49.4 Å². The van der Waals surface area contributed by atoms with Gasteiger partial charge in [-0.05, 0) is 43.0 Å². The van der Waals surface area contributed by atoms with Gasteiger partial charge in [-0.1, -0.05) is 43.2 Å². The fourth-order valence-corrected chi connectivity index (χ4v) is 4.88. The van der Waals surface area contributed by atoms with E-state index < -0.39 is 5.54 Å². The van der Waals surface area contributed by atoms with Crippen LogP contribution in [0.15, 0.2) is 53.5 Å². The first-order valence-corrected chi connectivity index (χ1v) is 11.7. The van der Waals surface area contributed by atoms with E-state index in [1.54, 1.807) is 6.07 Å². The summed E-state index contributed by atoms with van der Waals surface area (Å²) in [6.07, 6.45) is 4.44. The zero-order valence-electron chi connectivity index (χ0n) is 18.9. The Morgan fingerprint density at radius 1 is 1.21 bits per heavy atom. The molecular weight excluding hydrogens is 416 g/mol. The van der Waals surface area contributed by atoms with Gasteiger partial charge in [0.25, 0.3) is 5.91 Å². The van der Waals surface area contributed by atoms with E-state index in [-0.39, 0.29) is 23.8 Å². The average molecular weight is 447 g/mol. The molecule has 2 aromatic carbocycles. The van der Waals surface area contributed by atoms with Gasteiger partial charge in [-0.15, -0.1) is 0 Å². The second kappa shape index (κ2) is 8.54. The van der Waals surface area contributed by atoms with Crippen molar-refractivity contribution in [1.29, 1.82) is 0 Å². The third kappa shape index (κ3) is 4.72. The van der Waals surface area contributed by atoms with Gasteiger partial charge in [-0.2, -0.15) is 0 Å². The molecule has 2 amide bonds. The summed E-state index contributed by atoms with van der Waals surface area (Å²) in [5.41, 5.74) is 8.20. The van der Waals surface area contributed by atoms with Crippen molar-refractivity contribution in [3.05, 3.63) is 65.2 Å². The van der Waals surface area contributed by atoms with Crippen LogP contribution in [-0.4, -0.2) is 34.8 Å². The summed E-state index contributed by atoms with van der Waals surface area (Å²) < 4.78 is 5.69. The maximum Gasteiger partial charge on any atom is 0.251 e. The smallest absolute Gasteiger partial charge is 0.251 e. The highest BCUT2D eigenvalue weighted by molar-refractivity contribution is 5.99. The molecule has 0 radical (unpaired) electrons. The second-order valence-corrected chi connectivity index (χ2v) is 9.67. The van der Waals surface area contributed by atoms with Crippen LogP contribution in [0.25, 0.3) is 0 Å². The number of rotatable bonds is 6. The van der Waals surface area contributed by atoms with Gasteiger partial charge in [0, 0.05) is 17.5 Å². The van der Waals surface area contributed by atoms with Crippen molar-refractivity contribution in [3.8, 4) is 5.75 Å². The fourth-order valence-electron chi connectivity index (χ4n) is 4.88. The highest BCUT2D eigenvalue weighted by Gasteiger charge is 2.40. The molecule has 2 heterocycles. The standard InChI is InChI=1S/C26H30N4O3/c1-26(14-17-9-10-17)15-23(31)30(25(27)29-26)16-18-5-4-6-19(13-18)24(32)28-21-11-12-33-22-8-3-2-7-20(21)22/h2-8,13,17,21H,9-12,14-16H2,1H3,(H2,27,29)(H,28,32)/t21-,26+/m0/s1. The van der Waals surface area contributed by atoms with Crippen molar-refractivity contribution in [2.24, 2.45) is 16.6 Å². The highest BCUT2D eigenvalue weighted by atomic mass is 16.5. The van der Waals surface area contributed by atoms with E-state index in [4.69, 9.17) is 10.5 Å². The van der Waals surface area contributed by atoms with E-state index in [9.17, 15) is 9.59 Å². The maximum absolute atomic E-state index is 13.0. The fraction of sp³-hybridized carbons (Fsp3) is 0.423. The van der Waals surface area contributed by atoms with Crippen LogP contribution in [-0.2, 0) is 11.3 Å². The Labute approximate surface area is 194 Å². The molecule has 2 atom stereocenters. The third-order valence-corrected chi connectivity index (χ3v) is 6.71. The minimum Gasteiger partial charge on any atom is -0.493 e. The molecule has 0 saturated heterocycles. The summed E-state index contributed by atoms with van der Waals surface area (Å²) in [7, 11) is 0. The van der Waals surface area contributed by atoms with Crippen LogP contribution < -0.4 is 15.8 Å². The van der Waals surface area contributed by atoms with Gasteiger partial charge in [-0.3, -0.25) is 14.5 Å². The molecule has 2 aromatic rings. The Bertz CT molecular complexity index is 1110. The molecule has 3 aliphatic rings. The lowest BCUT2D eigenvalue weighted by atomic mass is 9.90. The molecule has 7 heteroatoms. The first-order valence-electron chi connectivity index (χ1n) is 11.7. The molecular formula is C26H30N4O3. The number of carbonyl (C=O) groups is 2. The summed E-state index contributed by atoms with van der Waals surface area (Å²) in [4.78, 5) is 32.1. The monoisotopic (exact) mass is 446 g/mol. The number of ether oxygens (including phenoxy) is 1. The molecule has 0 bridgehead atoms. The largest absolute Gasteiger partial charge is 0.493 e. The van der Waals surface area contributed by atoms with Crippen LogP contribution in [0.4, 0.5) is 0 Å². The number of nitrogens with one attached hydrogen (secondary N) is 1.